The molecule has 4 rings (SSSR count). The summed E-state index contributed by atoms with van der Waals surface area (Å²) in [5, 5.41) is 17.6. The van der Waals surface area contributed by atoms with Gasteiger partial charge in [-0.3, -0.25) is 0 Å². The van der Waals surface area contributed by atoms with Crippen LogP contribution in [0.25, 0.3) is 5.69 Å². The molecule has 0 aliphatic heterocycles. The van der Waals surface area contributed by atoms with Crippen molar-refractivity contribution in [2.45, 2.75) is 12.7 Å². The number of benzene rings is 2. The number of ether oxygens (including phenoxy) is 1. The zero-order chi connectivity index (χ0) is 26.6. The van der Waals surface area contributed by atoms with E-state index >= 15 is 0 Å². The van der Waals surface area contributed by atoms with E-state index in [9.17, 15) is 27.2 Å². The van der Waals surface area contributed by atoms with Gasteiger partial charge in [0.25, 0.3) is 0 Å². The smallest absolute Gasteiger partial charge is 0.416 e. The maximum Gasteiger partial charge on any atom is 0.416 e. The lowest BCUT2D eigenvalue weighted by molar-refractivity contribution is -0.137. The van der Waals surface area contributed by atoms with Gasteiger partial charge in [-0.05, 0) is 42.0 Å². The van der Waals surface area contributed by atoms with E-state index in [2.05, 4.69) is 25.7 Å². The van der Waals surface area contributed by atoms with Gasteiger partial charge in [0, 0.05) is 18.8 Å². The number of amides is 2. The van der Waals surface area contributed by atoms with Gasteiger partial charge in [0.15, 0.2) is 17.3 Å². The van der Waals surface area contributed by atoms with Crippen LogP contribution >= 0.6 is 0 Å². The van der Waals surface area contributed by atoms with Crippen LogP contribution in [0.15, 0.2) is 67.4 Å². The van der Waals surface area contributed by atoms with Gasteiger partial charge < -0.3 is 20.5 Å². The normalized spacial score (nSPS) is 11.1. The zero-order valence-corrected chi connectivity index (χ0v) is 18.5. The molecule has 2 aromatic carbocycles. The molecule has 0 unspecified atom stereocenters. The Labute approximate surface area is 205 Å². The Morgan fingerprint density at radius 3 is 2.57 bits per heavy atom. The van der Waals surface area contributed by atoms with E-state index in [1.54, 1.807) is 0 Å². The predicted molar refractivity (Wildman–Crippen MR) is 120 cm³/mol. The van der Waals surface area contributed by atoms with Crippen LogP contribution in [-0.2, 0) is 12.7 Å². The fourth-order valence-corrected chi connectivity index (χ4v) is 3.15. The van der Waals surface area contributed by atoms with Gasteiger partial charge in [-0.15, -0.1) is 0 Å². The Morgan fingerprint density at radius 1 is 1.08 bits per heavy atom. The number of aromatic carboxylic acids is 1. The number of urea groups is 1. The van der Waals surface area contributed by atoms with Crippen molar-refractivity contribution < 1.29 is 37.0 Å². The number of rotatable bonds is 7. The van der Waals surface area contributed by atoms with Gasteiger partial charge >= 0.3 is 18.2 Å². The lowest BCUT2D eigenvalue weighted by Gasteiger charge is -2.15. The molecule has 0 saturated heterocycles. The Morgan fingerprint density at radius 2 is 1.89 bits per heavy atom. The van der Waals surface area contributed by atoms with E-state index < -0.39 is 29.6 Å². The number of hydrogen-bond donors (Lipinski definition) is 3. The molecule has 0 aliphatic carbocycles. The Bertz CT molecular complexity index is 1440. The molecule has 0 bridgehead atoms. The molecule has 14 heteroatoms. The van der Waals surface area contributed by atoms with Crippen molar-refractivity contribution in [3.05, 3.63) is 90.0 Å². The second kappa shape index (κ2) is 10.3. The van der Waals surface area contributed by atoms with Crippen molar-refractivity contribution >= 4 is 17.7 Å². The van der Waals surface area contributed by atoms with E-state index in [1.165, 1.54) is 41.7 Å². The number of carboxylic acids is 1. The summed E-state index contributed by atoms with van der Waals surface area (Å²) in [7, 11) is 0. The van der Waals surface area contributed by atoms with Crippen LogP contribution in [0.4, 0.5) is 28.0 Å². The summed E-state index contributed by atoms with van der Waals surface area (Å²) in [5.41, 5.74) is -0.964. The van der Waals surface area contributed by atoms with Gasteiger partial charge in [-0.2, -0.15) is 18.3 Å². The number of aromatic nitrogens is 4. The molecule has 190 valence electrons. The van der Waals surface area contributed by atoms with E-state index in [-0.39, 0.29) is 35.1 Å². The minimum atomic E-state index is -4.64. The maximum absolute atomic E-state index is 14.5. The molecule has 2 aromatic heterocycles. The highest BCUT2D eigenvalue weighted by Crippen LogP contribution is 2.33. The number of nitrogens with zero attached hydrogens (tertiary/aromatic N) is 4. The number of pyridine rings is 1. The number of halogens is 4. The van der Waals surface area contributed by atoms with Crippen LogP contribution in [0.1, 0.15) is 21.6 Å². The summed E-state index contributed by atoms with van der Waals surface area (Å²) in [5.74, 6) is -2.21. The fraction of sp³-hybridized carbons (Fsp3) is 0.0870. The number of anilines is 1. The number of nitrogens with one attached hydrogen (secondary N) is 2. The summed E-state index contributed by atoms with van der Waals surface area (Å²) in [6, 6.07) is 8.20. The number of alkyl halides is 3. The second-order valence-corrected chi connectivity index (χ2v) is 7.43. The molecule has 0 radical (unpaired) electrons. The standard InChI is InChI=1S/C23H16F4N6O4/c24-16-7-13(1-4-20(16)37-15-5-6-29-18(9-15)21(34)35)10-30-22(36)32-17-8-14(23(25,26)27)2-3-19(17)33-12-28-11-31-33/h1-9,11-12H,10H2,(H,34,35)(H2,30,32,36). The van der Waals surface area contributed by atoms with Crippen molar-refractivity contribution in [2.75, 3.05) is 5.32 Å². The Hall–Kier alpha value is -5.01. The minimum absolute atomic E-state index is 0.0563. The summed E-state index contributed by atoms with van der Waals surface area (Å²) >= 11 is 0. The monoisotopic (exact) mass is 516 g/mol. The molecule has 0 aliphatic rings. The highest BCUT2D eigenvalue weighted by atomic mass is 19.4. The van der Waals surface area contributed by atoms with Crippen molar-refractivity contribution in [1.82, 2.24) is 25.1 Å². The van der Waals surface area contributed by atoms with Crippen LogP contribution in [0.3, 0.4) is 0 Å². The summed E-state index contributed by atoms with van der Waals surface area (Å²) in [4.78, 5) is 30.8. The summed E-state index contributed by atoms with van der Waals surface area (Å²) in [6.07, 6.45) is -0.997. The largest absolute Gasteiger partial charge is 0.477 e. The average Bonchev–Trinajstić information content (AvgIpc) is 3.39. The van der Waals surface area contributed by atoms with Crippen molar-refractivity contribution in [2.24, 2.45) is 0 Å². The third kappa shape index (κ3) is 6.17. The number of carboxylic acid groups (broad SMARTS) is 1. The lowest BCUT2D eigenvalue weighted by atomic mass is 10.1. The number of carbonyl (C=O) groups excluding carboxylic acids is 1. The van der Waals surface area contributed by atoms with Gasteiger partial charge in [0.1, 0.15) is 18.4 Å². The maximum atomic E-state index is 14.5. The van der Waals surface area contributed by atoms with Gasteiger partial charge in [-0.25, -0.2) is 28.6 Å². The van der Waals surface area contributed by atoms with Gasteiger partial charge in [0.05, 0.1) is 16.9 Å². The topological polar surface area (TPSA) is 131 Å². The van der Waals surface area contributed by atoms with E-state index in [4.69, 9.17) is 9.84 Å². The molecule has 2 heterocycles. The first kappa shape index (κ1) is 25.1. The van der Waals surface area contributed by atoms with Crippen LogP contribution in [0, 0.1) is 5.82 Å². The molecule has 4 aromatic rings. The SMILES string of the molecule is O=C(NCc1ccc(Oc2ccnc(C(=O)O)c2)c(F)c1)Nc1cc(C(F)(F)F)ccc1-n1cncn1. The van der Waals surface area contributed by atoms with E-state index in [0.29, 0.717) is 5.56 Å². The van der Waals surface area contributed by atoms with Crippen molar-refractivity contribution in [1.29, 1.82) is 0 Å². The molecule has 0 atom stereocenters. The lowest BCUT2D eigenvalue weighted by Crippen LogP contribution is -2.29. The zero-order valence-electron chi connectivity index (χ0n) is 18.5. The number of hydrogen-bond acceptors (Lipinski definition) is 6. The van der Waals surface area contributed by atoms with Gasteiger partial charge in [-0.1, -0.05) is 6.07 Å². The Balaban J connectivity index is 1.43. The molecule has 0 fully saturated rings. The molecule has 0 spiro atoms. The highest BCUT2D eigenvalue weighted by Gasteiger charge is 2.31. The Kier molecular flexibility index (Phi) is 6.99. The van der Waals surface area contributed by atoms with Crippen molar-refractivity contribution in [3.8, 4) is 17.2 Å². The van der Waals surface area contributed by atoms with Crippen LogP contribution in [0.2, 0.25) is 0 Å². The molecule has 0 saturated carbocycles. The summed E-state index contributed by atoms with van der Waals surface area (Å²) in [6.45, 7) is -0.168. The van der Waals surface area contributed by atoms with Crippen LogP contribution in [0.5, 0.6) is 11.5 Å². The first-order valence-corrected chi connectivity index (χ1v) is 10.4. The second-order valence-electron chi connectivity index (χ2n) is 7.43. The number of carbonyl (C=O) groups is 2. The molecule has 3 N–H and O–H groups in total. The molecule has 2 amide bonds. The molecular weight excluding hydrogens is 500 g/mol. The predicted octanol–water partition coefficient (Wildman–Crippen LogP) is 4.63. The fourth-order valence-electron chi connectivity index (χ4n) is 3.15. The minimum Gasteiger partial charge on any atom is -0.477 e. The van der Waals surface area contributed by atoms with Crippen molar-refractivity contribution in [3.63, 3.8) is 0 Å². The third-order valence-corrected chi connectivity index (χ3v) is 4.87. The molecule has 10 nitrogen and oxygen atoms in total. The van der Waals surface area contributed by atoms with E-state index in [0.717, 1.165) is 30.3 Å². The quantitative estimate of drug-likeness (QED) is 0.305. The highest BCUT2D eigenvalue weighted by molar-refractivity contribution is 5.91. The van der Waals surface area contributed by atoms with E-state index in [1.807, 2.05) is 0 Å². The van der Waals surface area contributed by atoms with Crippen LogP contribution < -0.4 is 15.4 Å². The molecule has 37 heavy (non-hydrogen) atoms. The summed E-state index contributed by atoms with van der Waals surface area (Å²) < 4.78 is 60.6. The van der Waals surface area contributed by atoms with Gasteiger partial charge in [0.2, 0.25) is 0 Å². The third-order valence-electron chi connectivity index (χ3n) is 4.87. The first-order chi connectivity index (χ1) is 17.6. The molecular formula is C23H16F4N6O4. The first-order valence-electron chi connectivity index (χ1n) is 10.4. The van der Waals surface area contributed by atoms with Crippen LogP contribution in [-0.4, -0.2) is 36.9 Å². The average molecular weight is 516 g/mol.